The first kappa shape index (κ1) is 16.2. The molecule has 0 saturated heterocycles. The Morgan fingerprint density at radius 3 is 2.55 bits per heavy atom. The van der Waals surface area contributed by atoms with Gasteiger partial charge in [0.25, 0.3) is 5.91 Å². The van der Waals surface area contributed by atoms with Crippen LogP contribution in [0.3, 0.4) is 0 Å². The summed E-state index contributed by atoms with van der Waals surface area (Å²) < 4.78 is 0. The summed E-state index contributed by atoms with van der Waals surface area (Å²) in [7, 11) is 0. The van der Waals surface area contributed by atoms with E-state index in [1.165, 1.54) is 0 Å². The molecule has 6 heteroatoms. The van der Waals surface area contributed by atoms with Gasteiger partial charge in [0.1, 0.15) is 0 Å². The molecule has 1 heterocycles. The average Bonchev–Trinajstić information content (AvgIpc) is 3.00. The fraction of sp³-hybridized carbons (Fsp3) is 0.312. The maximum Gasteiger partial charge on any atom is 0.251 e. The van der Waals surface area contributed by atoms with E-state index < -0.39 is 0 Å². The third-order valence-electron chi connectivity index (χ3n) is 2.98. The summed E-state index contributed by atoms with van der Waals surface area (Å²) in [5, 5.41) is 8.34. The van der Waals surface area contributed by atoms with Crippen molar-refractivity contribution in [3.05, 3.63) is 52.0 Å². The molecular weight excluding hydrogens is 298 g/mol. The molecular formula is C16H19N3O2S. The van der Waals surface area contributed by atoms with Crippen LogP contribution in [0.5, 0.6) is 0 Å². The SMILES string of the molecule is CC(C)c1nc(CNC(=O)CNC(=O)c2ccccc2)cs1. The molecule has 2 N–H and O–H groups in total. The zero-order valence-electron chi connectivity index (χ0n) is 12.6. The van der Waals surface area contributed by atoms with Gasteiger partial charge in [-0.3, -0.25) is 9.59 Å². The molecule has 5 nitrogen and oxygen atoms in total. The minimum Gasteiger partial charge on any atom is -0.349 e. The molecule has 0 radical (unpaired) electrons. The maximum atomic E-state index is 11.8. The number of aromatic nitrogens is 1. The number of benzene rings is 1. The molecule has 0 saturated carbocycles. The van der Waals surface area contributed by atoms with Gasteiger partial charge in [0.15, 0.2) is 0 Å². The number of hydrogen-bond donors (Lipinski definition) is 2. The van der Waals surface area contributed by atoms with Gasteiger partial charge in [0.05, 0.1) is 23.8 Å². The van der Waals surface area contributed by atoms with E-state index in [0.29, 0.717) is 18.0 Å². The summed E-state index contributed by atoms with van der Waals surface area (Å²) in [5.74, 6) is -0.102. The highest BCUT2D eigenvalue weighted by Gasteiger charge is 2.09. The number of carbonyl (C=O) groups excluding carboxylic acids is 2. The molecule has 0 unspecified atom stereocenters. The number of amides is 2. The van der Waals surface area contributed by atoms with Crippen LogP contribution in [0.25, 0.3) is 0 Å². The lowest BCUT2D eigenvalue weighted by atomic mass is 10.2. The largest absolute Gasteiger partial charge is 0.349 e. The minimum atomic E-state index is -0.258. The first-order valence-corrected chi connectivity index (χ1v) is 7.98. The van der Waals surface area contributed by atoms with Crippen molar-refractivity contribution in [3.63, 3.8) is 0 Å². The van der Waals surface area contributed by atoms with Crippen LogP contribution < -0.4 is 10.6 Å². The molecule has 0 aliphatic carbocycles. The van der Waals surface area contributed by atoms with Crippen LogP contribution in [0.15, 0.2) is 35.7 Å². The predicted molar refractivity (Wildman–Crippen MR) is 86.8 cm³/mol. The number of rotatable bonds is 6. The van der Waals surface area contributed by atoms with Crippen molar-refractivity contribution in [2.24, 2.45) is 0 Å². The molecule has 1 aromatic heterocycles. The van der Waals surface area contributed by atoms with Crippen molar-refractivity contribution < 1.29 is 9.59 Å². The molecule has 0 atom stereocenters. The Bertz CT molecular complexity index is 638. The summed E-state index contributed by atoms with van der Waals surface area (Å²) in [6.45, 7) is 4.50. The van der Waals surface area contributed by atoms with Gasteiger partial charge in [-0.15, -0.1) is 11.3 Å². The first-order chi connectivity index (χ1) is 10.6. The van der Waals surface area contributed by atoms with Gasteiger partial charge in [-0.1, -0.05) is 32.0 Å². The number of nitrogens with one attached hydrogen (secondary N) is 2. The Kier molecular flexibility index (Phi) is 5.66. The quantitative estimate of drug-likeness (QED) is 0.859. The molecule has 2 amide bonds. The Balaban J connectivity index is 1.75. The van der Waals surface area contributed by atoms with Crippen molar-refractivity contribution in [1.82, 2.24) is 15.6 Å². The Morgan fingerprint density at radius 2 is 1.91 bits per heavy atom. The fourth-order valence-corrected chi connectivity index (χ4v) is 2.61. The normalized spacial score (nSPS) is 10.5. The van der Waals surface area contributed by atoms with E-state index in [-0.39, 0.29) is 18.4 Å². The molecule has 22 heavy (non-hydrogen) atoms. The number of carbonyl (C=O) groups is 2. The van der Waals surface area contributed by atoms with Gasteiger partial charge in [0, 0.05) is 16.9 Å². The summed E-state index contributed by atoms with van der Waals surface area (Å²) >= 11 is 1.59. The molecule has 2 rings (SSSR count). The summed E-state index contributed by atoms with van der Waals surface area (Å²) in [6, 6.07) is 8.81. The monoisotopic (exact) mass is 317 g/mol. The lowest BCUT2D eigenvalue weighted by Gasteiger charge is -2.06. The zero-order chi connectivity index (χ0) is 15.9. The van der Waals surface area contributed by atoms with Crippen LogP contribution in [0.1, 0.15) is 40.8 Å². The molecule has 1 aromatic carbocycles. The molecule has 2 aromatic rings. The Labute approximate surface area is 133 Å². The lowest BCUT2D eigenvalue weighted by Crippen LogP contribution is -2.36. The van der Waals surface area contributed by atoms with E-state index in [1.807, 2.05) is 11.4 Å². The number of thiazole rings is 1. The molecule has 116 valence electrons. The highest BCUT2D eigenvalue weighted by molar-refractivity contribution is 7.09. The topological polar surface area (TPSA) is 71.1 Å². The van der Waals surface area contributed by atoms with Crippen molar-refractivity contribution in [3.8, 4) is 0 Å². The van der Waals surface area contributed by atoms with E-state index in [9.17, 15) is 9.59 Å². The van der Waals surface area contributed by atoms with E-state index in [1.54, 1.807) is 35.6 Å². The highest BCUT2D eigenvalue weighted by atomic mass is 32.1. The van der Waals surface area contributed by atoms with Crippen molar-refractivity contribution in [2.45, 2.75) is 26.3 Å². The maximum absolute atomic E-state index is 11.8. The second-order valence-electron chi connectivity index (χ2n) is 5.16. The third-order valence-corrected chi connectivity index (χ3v) is 4.17. The van der Waals surface area contributed by atoms with Crippen LogP contribution in [-0.4, -0.2) is 23.3 Å². The van der Waals surface area contributed by atoms with Gasteiger partial charge in [0.2, 0.25) is 5.91 Å². The Morgan fingerprint density at radius 1 is 1.18 bits per heavy atom. The first-order valence-electron chi connectivity index (χ1n) is 7.10. The predicted octanol–water partition coefficient (Wildman–Crippen LogP) is 2.31. The number of nitrogens with zero attached hydrogens (tertiary/aromatic N) is 1. The van der Waals surface area contributed by atoms with Gasteiger partial charge >= 0.3 is 0 Å². The van der Waals surface area contributed by atoms with Crippen LogP contribution in [0, 0.1) is 0 Å². The van der Waals surface area contributed by atoms with E-state index in [2.05, 4.69) is 29.5 Å². The third kappa shape index (κ3) is 4.66. The fourth-order valence-electron chi connectivity index (χ4n) is 1.77. The molecule has 0 fully saturated rings. The number of hydrogen-bond acceptors (Lipinski definition) is 4. The van der Waals surface area contributed by atoms with Gasteiger partial charge in [-0.2, -0.15) is 0 Å². The summed E-state index contributed by atoms with van der Waals surface area (Å²) in [5.41, 5.74) is 1.38. The standard InChI is InChI=1S/C16H19N3O2S/c1-11(2)16-19-13(10-22-16)8-17-14(20)9-18-15(21)12-6-4-3-5-7-12/h3-7,10-11H,8-9H2,1-2H3,(H,17,20)(H,18,21). The summed E-state index contributed by atoms with van der Waals surface area (Å²) in [6.07, 6.45) is 0. The second kappa shape index (κ2) is 7.70. The average molecular weight is 317 g/mol. The van der Waals surface area contributed by atoms with Crippen LogP contribution in [-0.2, 0) is 11.3 Å². The molecule has 0 aliphatic heterocycles. The van der Waals surface area contributed by atoms with Gasteiger partial charge in [-0.05, 0) is 12.1 Å². The van der Waals surface area contributed by atoms with Crippen LogP contribution in [0.4, 0.5) is 0 Å². The summed E-state index contributed by atoms with van der Waals surface area (Å²) in [4.78, 5) is 28.0. The second-order valence-corrected chi connectivity index (χ2v) is 6.05. The van der Waals surface area contributed by atoms with E-state index >= 15 is 0 Å². The van der Waals surface area contributed by atoms with Crippen LogP contribution >= 0.6 is 11.3 Å². The zero-order valence-corrected chi connectivity index (χ0v) is 13.4. The molecule has 0 spiro atoms. The smallest absolute Gasteiger partial charge is 0.251 e. The van der Waals surface area contributed by atoms with E-state index in [0.717, 1.165) is 10.7 Å². The Hall–Kier alpha value is -2.21. The molecule has 0 bridgehead atoms. The molecule has 0 aliphatic rings. The van der Waals surface area contributed by atoms with Crippen molar-refractivity contribution in [1.29, 1.82) is 0 Å². The van der Waals surface area contributed by atoms with Gasteiger partial charge in [-0.25, -0.2) is 4.98 Å². The lowest BCUT2D eigenvalue weighted by molar-refractivity contribution is -0.120. The van der Waals surface area contributed by atoms with Crippen LogP contribution in [0.2, 0.25) is 0 Å². The van der Waals surface area contributed by atoms with Crippen molar-refractivity contribution >= 4 is 23.2 Å². The highest BCUT2D eigenvalue weighted by Crippen LogP contribution is 2.18. The minimum absolute atomic E-state index is 0.0467. The van der Waals surface area contributed by atoms with E-state index in [4.69, 9.17) is 0 Å². The van der Waals surface area contributed by atoms with Crippen molar-refractivity contribution in [2.75, 3.05) is 6.54 Å². The van der Waals surface area contributed by atoms with Gasteiger partial charge < -0.3 is 10.6 Å².